The Morgan fingerprint density at radius 2 is 1.18 bits per heavy atom. The van der Waals surface area contributed by atoms with Crippen LogP contribution in [0.5, 0.6) is 11.5 Å². The molecule has 0 amide bonds. The second-order valence-electron chi connectivity index (χ2n) is 10.6. The highest BCUT2D eigenvalue weighted by Crippen LogP contribution is 2.56. The van der Waals surface area contributed by atoms with E-state index < -0.39 is 5.41 Å². The first-order valence-electron chi connectivity index (χ1n) is 13.4. The third kappa shape index (κ3) is 3.57. The van der Waals surface area contributed by atoms with E-state index in [1.807, 2.05) is 23.9 Å². The Morgan fingerprint density at radius 3 is 1.82 bits per heavy atom. The van der Waals surface area contributed by atoms with Crippen molar-refractivity contribution in [1.29, 1.82) is 0 Å². The number of hydrogen-bond acceptors (Lipinski definition) is 3. The number of phenols is 1. The summed E-state index contributed by atoms with van der Waals surface area (Å²) in [7, 11) is 0. The number of fused-ring (bicyclic) bond motifs is 5. The highest BCUT2D eigenvalue weighted by molar-refractivity contribution is 8.06. The van der Waals surface area contributed by atoms with Crippen molar-refractivity contribution < 1.29 is 9.84 Å². The molecule has 2 aliphatic rings. The van der Waals surface area contributed by atoms with Crippen LogP contribution >= 0.6 is 11.8 Å². The van der Waals surface area contributed by atoms with Gasteiger partial charge >= 0.3 is 0 Å². The molecule has 0 bridgehead atoms. The molecule has 1 aliphatic carbocycles. The van der Waals surface area contributed by atoms with E-state index in [2.05, 4.69) is 103 Å². The Kier molecular flexibility index (Phi) is 5.05. The van der Waals surface area contributed by atoms with Gasteiger partial charge in [0.2, 0.25) is 0 Å². The molecule has 188 valence electrons. The van der Waals surface area contributed by atoms with Crippen molar-refractivity contribution >= 4 is 33.3 Å². The smallest absolute Gasteiger partial charge is 0.119 e. The third-order valence-corrected chi connectivity index (χ3v) is 9.23. The summed E-state index contributed by atoms with van der Waals surface area (Å²) in [4.78, 5) is 0. The van der Waals surface area contributed by atoms with E-state index in [1.165, 1.54) is 49.9 Å². The van der Waals surface area contributed by atoms with Gasteiger partial charge in [0.1, 0.15) is 18.1 Å². The van der Waals surface area contributed by atoms with Gasteiger partial charge < -0.3 is 9.84 Å². The first kappa shape index (κ1) is 22.7. The monoisotopic (exact) mass is 522 g/mol. The summed E-state index contributed by atoms with van der Waals surface area (Å²) in [5, 5.41) is 15.3. The van der Waals surface area contributed by atoms with E-state index in [1.54, 1.807) is 6.07 Å². The quantitative estimate of drug-likeness (QED) is 0.230. The first-order valence-corrected chi connectivity index (χ1v) is 14.5. The number of ether oxygens (including phenoxy) is 1. The van der Waals surface area contributed by atoms with Crippen LogP contribution < -0.4 is 4.74 Å². The summed E-state index contributed by atoms with van der Waals surface area (Å²) in [6.45, 7) is 0.782. The van der Waals surface area contributed by atoms with Gasteiger partial charge in [-0.05, 0) is 91.3 Å². The number of rotatable bonds is 5. The SMILES string of the molecule is Oc1ccc2cc(C3(c4ccc5cc(OCC6CS6)ccc5c4)c4ccccc4-c4ccccc43)ccc2c1. The minimum absolute atomic E-state index is 0.287. The Labute approximate surface area is 231 Å². The molecule has 1 fully saturated rings. The van der Waals surface area contributed by atoms with Crippen molar-refractivity contribution in [3.63, 3.8) is 0 Å². The highest BCUT2D eigenvalue weighted by Gasteiger charge is 2.46. The Balaban J connectivity index is 1.38. The second kappa shape index (κ2) is 8.65. The standard InChI is InChI=1S/C36H26O2S/c37-29-15-11-23-17-27(13-9-25(23)19-29)36(34-7-3-1-5-32(34)33-6-2-4-8-35(33)36)28-14-10-26-20-30(16-12-24(26)18-28)38-21-31-22-39-31/h1-20,31,37H,21-22H2. The van der Waals surface area contributed by atoms with Gasteiger partial charge in [0.25, 0.3) is 0 Å². The van der Waals surface area contributed by atoms with Crippen LogP contribution in [-0.2, 0) is 5.41 Å². The molecular weight excluding hydrogens is 496 g/mol. The fourth-order valence-electron chi connectivity index (χ4n) is 6.39. The van der Waals surface area contributed by atoms with E-state index in [9.17, 15) is 5.11 Å². The van der Waals surface area contributed by atoms with E-state index in [0.717, 1.165) is 23.1 Å². The molecule has 6 aromatic rings. The summed E-state index contributed by atoms with van der Waals surface area (Å²) in [6, 6.07) is 43.3. The largest absolute Gasteiger partial charge is 0.508 e. The zero-order chi connectivity index (χ0) is 26.0. The van der Waals surface area contributed by atoms with E-state index in [0.29, 0.717) is 5.25 Å². The predicted octanol–water partition coefficient (Wildman–Crippen LogP) is 8.56. The summed E-state index contributed by atoms with van der Waals surface area (Å²) < 4.78 is 6.06. The molecule has 39 heavy (non-hydrogen) atoms. The molecule has 8 rings (SSSR count). The summed E-state index contributed by atoms with van der Waals surface area (Å²) in [6.07, 6.45) is 0. The lowest BCUT2D eigenvalue weighted by atomic mass is 9.67. The molecule has 1 unspecified atom stereocenters. The maximum absolute atomic E-state index is 10.1. The van der Waals surface area contributed by atoms with E-state index in [-0.39, 0.29) is 5.75 Å². The van der Waals surface area contributed by atoms with Crippen molar-refractivity contribution in [3.05, 3.63) is 144 Å². The van der Waals surface area contributed by atoms with Crippen LogP contribution in [-0.4, -0.2) is 22.7 Å². The number of thioether (sulfide) groups is 1. The highest BCUT2D eigenvalue weighted by atomic mass is 32.2. The Bertz CT molecular complexity index is 1860. The van der Waals surface area contributed by atoms with Gasteiger partial charge in [-0.15, -0.1) is 0 Å². The second-order valence-corrected chi connectivity index (χ2v) is 11.9. The van der Waals surface area contributed by atoms with Gasteiger partial charge in [0.15, 0.2) is 0 Å². The van der Waals surface area contributed by atoms with Gasteiger partial charge in [-0.2, -0.15) is 11.8 Å². The van der Waals surface area contributed by atoms with Crippen LogP contribution in [0.15, 0.2) is 121 Å². The normalized spacial score (nSPS) is 16.7. The van der Waals surface area contributed by atoms with Crippen LogP contribution in [0, 0.1) is 0 Å². The number of benzene rings is 6. The van der Waals surface area contributed by atoms with Gasteiger partial charge in [-0.1, -0.05) is 84.9 Å². The molecule has 0 aromatic heterocycles. The average molecular weight is 523 g/mol. The maximum Gasteiger partial charge on any atom is 0.119 e. The van der Waals surface area contributed by atoms with Gasteiger partial charge in [-0.25, -0.2) is 0 Å². The molecule has 0 spiro atoms. The van der Waals surface area contributed by atoms with Crippen molar-refractivity contribution in [3.8, 4) is 22.6 Å². The van der Waals surface area contributed by atoms with Crippen molar-refractivity contribution in [2.45, 2.75) is 10.7 Å². The molecule has 1 aliphatic heterocycles. The topological polar surface area (TPSA) is 29.5 Å². The van der Waals surface area contributed by atoms with Gasteiger partial charge in [0.05, 0.1) is 5.41 Å². The van der Waals surface area contributed by atoms with E-state index in [4.69, 9.17) is 4.74 Å². The van der Waals surface area contributed by atoms with Crippen LogP contribution in [0.3, 0.4) is 0 Å². The van der Waals surface area contributed by atoms with Crippen LogP contribution in [0.4, 0.5) is 0 Å². The van der Waals surface area contributed by atoms with Crippen molar-refractivity contribution in [1.82, 2.24) is 0 Å². The number of hydrogen-bond donors (Lipinski definition) is 1. The molecule has 1 heterocycles. The Morgan fingerprint density at radius 1 is 0.641 bits per heavy atom. The van der Waals surface area contributed by atoms with E-state index >= 15 is 0 Å². The van der Waals surface area contributed by atoms with Gasteiger partial charge in [-0.3, -0.25) is 0 Å². The number of aromatic hydroxyl groups is 1. The molecule has 1 atom stereocenters. The molecular formula is C36H26O2S. The minimum Gasteiger partial charge on any atom is -0.508 e. The molecule has 1 saturated heterocycles. The van der Waals surface area contributed by atoms with Gasteiger partial charge in [0, 0.05) is 11.0 Å². The zero-order valence-corrected chi connectivity index (χ0v) is 22.1. The number of phenolic OH excluding ortho intramolecular Hbond substituents is 1. The minimum atomic E-state index is -0.466. The lowest BCUT2D eigenvalue weighted by molar-refractivity contribution is 0.330. The summed E-state index contributed by atoms with van der Waals surface area (Å²) in [5.41, 5.74) is 7.15. The Hall–Kier alpha value is -4.21. The molecule has 2 nitrogen and oxygen atoms in total. The fraction of sp³-hybridized carbons (Fsp3) is 0.111. The van der Waals surface area contributed by atoms with Crippen LogP contribution in [0.2, 0.25) is 0 Å². The van der Waals surface area contributed by atoms with Crippen LogP contribution in [0.1, 0.15) is 22.3 Å². The summed E-state index contributed by atoms with van der Waals surface area (Å²) >= 11 is 1.96. The fourth-order valence-corrected chi connectivity index (χ4v) is 6.79. The molecule has 3 heteroatoms. The average Bonchev–Trinajstić information content (AvgIpc) is 3.77. The summed E-state index contributed by atoms with van der Waals surface area (Å²) in [5.74, 6) is 2.43. The van der Waals surface area contributed by atoms with Crippen molar-refractivity contribution in [2.24, 2.45) is 0 Å². The molecule has 1 N–H and O–H groups in total. The lowest BCUT2D eigenvalue weighted by Gasteiger charge is -2.34. The lowest BCUT2D eigenvalue weighted by Crippen LogP contribution is -2.28. The molecule has 0 saturated carbocycles. The predicted molar refractivity (Wildman–Crippen MR) is 162 cm³/mol. The molecule has 6 aromatic carbocycles. The van der Waals surface area contributed by atoms with Crippen molar-refractivity contribution in [2.75, 3.05) is 12.4 Å². The van der Waals surface area contributed by atoms with Crippen LogP contribution in [0.25, 0.3) is 32.7 Å². The molecule has 0 radical (unpaired) electrons. The first-order chi connectivity index (χ1) is 19.2. The third-order valence-electron chi connectivity index (χ3n) is 8.29. The zero-order valence-electron chi connectivity index (χ0n) is 21.3. The maximum atomic E-state index is 10.1.